The Morgan fingerprint density at radius 1 is 1.47 bits per heavy atom. The number of hydrogen-bond acceptors (Lipinski definition) is 7. The molecule has 0 atom stereocenters. The van der Waals surface area contributed by atoms with Gasteiger partial charge in [-0.1, -0.05) is 5.16 Å². The zero-order chi connectivity index (χ0) is 13.7. The van der Waals surface area contributed by atoms with Crippen molar-refractivity contribution in [2.45, 2.75) is 0 Å². The van der Waals surface area contributed by atoms with E-state index in [1.54, 1.807) is 29.9 Å². The molecule has 2 aromatic heterocycles. The minimum atomic E-state index is -0.432. The van der Waals surface area contributed by atoms with E-state index in [0.717, 1.165) is 0 Å². The smallest absolute Gasteiger partial charge is 0.280 e. The molecule has 8 heteroatoms. The Balaban J connectivity index is 2.21. The fraction of sp³-hybridized carbons (Fsp3) is 0.0909. The summed E-state index contributed by atoms with van der Waals surface area (Å²) in [6, 6.07) is 3.33. The van der Waals surface area contributed by atoms with Crippen LogP contribution in [0.4, 0.5) is 10.8 Å². The van der Waals surface area contributed by atoms with Gasteiger partial charge in [-0.15, -0.1) is 11.3 Å². The van der Waals surface area contributed by atoms with Crippen molar-refractivity contribution in [3.05, 3.63) is 35.6 Å². The summed E-state index contributed by atoms with van der Waals surface area (Å²) in [5, 5.41) is 8.35. The van der Waals surface area contributed by atoms with Crippen LogP contribution in [0.3, 0.4) is 0 Å². The van der Waals surface area contributed by atoms with Crippen molar-refractivity contribution < 1.29 is 9.63 Å². The zero-order valence-corrected chi connectivity index (χ0v) is 10.8. The molecule has 3 N–H and O–H groups in total. The quantitative estimate of drug-likeness (QED) is 0.643. The van der Waals surface area contributed by atoms with Gasteiger partial charge in [0.25, 0.3) is 5.91 Å². The maximum atomic E-state index is 12.1. The largest absolute Gasteiger partial charge is 0.398 e. The number of aromatic nitrogens is 2. The molecule has 2 rings (SSSR count). The highest BCUT2D eigenvalue weighted by Crippen LogP contribution is 2.13. The summed E-state index contributed by atoms with van der Waals surface area (Å²) in [5.41, 5.74) is 6.57. The second-order valence-corrected chi connectivity index (χ2v) is 4.27. The second kappa shape index (κ2) is 5.91. The van der Waals surface area contributed by atoms with Crippen molar-refractivity contribution in [3.63, 3.8) is 0 Å². The first-order chi connectivity index (χ1) is 9.20. The molecular weight excluding hydrogens is 266 g/mol. The number of amides is 1. The standard InChI is InChI=1S/C11H11N5O2S/c1-18-16-9(8-6-19-11(12)15-8)10(17)14-7-2-4-13-5-3-7/h2-6H,1H3,(H2,12,15)(H,13,14,17). The van der Waals surface area contributed by atoms with Gasteiger partial charge in [-0.05, 0) is 12.1 Å². The molecular formula is C11H11N5O2S. The van der Waals surface area contributed by atoms with Crippen LogP contribution in [0.1, 0.15) is 5.69 Å². The maximum absolute atomic E-state index is 12.1. The van der Waals surface area contributed by atoms with Gasteiger partial charge in [-0.3, -0.25) is 9.78 Å². The van der Waals surface area contributed by atoms with E-state index in [1.807, 2.05) is 0 Å². The molecule has 0 aliphatic rings. The van der Waals surface area contributed by atoms with Crippen molar-refractivity contribution in [3.8, 4) is 0 Å². The summed E-state index contributed by atoms with van der Waals surface area (Å²) < 4.78 is 0. The van der Waals surface area contributed by atoms with E-state index in [1.165, 1.54) is 18.4 Å². The first-order valence-electron chi connectivity index (χ1n) is 5.24. The first-order valence-corrected chi connectivity index (χ1v) is 6.12. The number of pyridine rings is 1. The van der Waals surface area contributed by atoms with Gasteiger partial charge in [-0.25, -0.2) is 4.98 Å². The Bertz CT molecular complexity index is 596. The summed E-state index contributed by atoms with van der Waals surface area (Å²) in [6.45, 7) is 0. The van der Waals surface area contributed by atoms with Crippen molar-refractivity contribution in [2.75, 3.05) is 18.2 Å². The van der Waals surface area contributed by atoms with Crippen LogP contribution >= 0.6 is 11.3 Å². The summed E-state index contributed by atoms with van der Waals surface area (Å²) in [4.78, 5) is 24.6. The normalized spacial score (nSPS) is 11.1. The number of carbonyl (C=O) groups is 1. The second-order valence-electron chi connectivity index (χ2n) is 3.38. The van der Waals surface area contributed by atoms with Crippen LogP contribution in [-0.2, 0) is 9.63 Å². The van der Waals surface area contributed by atoms with Crippen molar-refractivity contribution in [1.29, 1.82) is 0 Å². The highest BCUT2D eigenvalue weighted by Gasteiger charge is 2.18. The molecule has 0 unspecified atom stereocenters. The number of nitrogens with two attached hydrogens (primary N) is 1. The van der Waals surface area contributed by atoms with Gasteiger partial charge in [0.2, 0.25) is 0 Å². The third kappa shape index (κ3) is 3.26. The van der Waals surface area contributed by atoms with E-state index >= 15 is 0 Å². The van der Waals surface area contributed by atoms with Crippen LogP contribution < -0.4 is 11.1 Å². The van der Waals surface area contributed by atoms with Crippen LogP contribution in [0.2, 0.25) is 0 Å². The van der Waals surface area contributed by atoms with E-state index in [9.17, 15) is 4.79 Å². The van der Waals surface area contributed by atoms with E-state index in [4.69, 9.17) is 5.73 Å². The Morgan fingerprint density at radius 2 is 2.21 bits per heavy atom. The summed E-state index contributed by atoms with van der Waals surface area (Å²) >= 11 is 1.22. The number of anilines is 2. The first kappa shape index (κ1) is 13.0. The highest BCUT2D eigenvalue weighted by atomic mass is 32.1. The van der Waals surface area contributed by atoms with E-state index in [0.29, 0.717) is 16.5 Å². The number of nitrogens with one attached hydrogen (secondary N) is 1. The SMILES string of the molecule is CON=C(C(=O)Nc1ccncc1)c1csc(N)n1. The molecule has 7 nitrogen and oxygen atoms in total. The topological polar surface area (TPSA) is 102 Å². The number of hydrogen-bond donors (Lipinski definition) is 2. The van der Waals surface area contributed by atoms with Gasteiger partial charge >= 0.3 is 0 Å². The van der Waals surface area contributed by atoms with Crippen LogP contribution in [-0.4, -0.2) is 28.7 Å². The third-order valence-corrected chi connectivity index (χ3v) is 2.77. The number of oxime groups is 1. The molecule has 0 saturated carbocycles. The lowest BCUT2D eigenvalue weighted by Gasteiger charge is -2.05. The number of nitrogen functional groups attached to an aromatic ring is 1. The van der Waals surface area contributed by atoms with Crippen LogP contribution in [0.5, 0.6) is 0 Å². The average molecular weight is 277 g/mol. The van der Waals surface area contributed by atoms with Crippen molar-refractivity contribution in [2.24, 2.45) is 5.16 Å². The molecule has 19 heavy (non-hydrogen) atoms. The highest BCUT2D eigenvalue weighted by molar-refractivity contribution is 7.13. The lowest BCUT2D eigenvalue weighted by Crippen LogP contribution is -2.24. The van der Waals surface area contributed by atoms with Gasteiger partial charge in [0.05, 0.1) is 0 Å². The van der Waals surface area contributed by atoms with Crippen molar-refractivity contribution in [1.82, 2.24) is 9.97 Å². The molecule has 0 saturated heterocycles. The molecule has 2 heterocycles. The number of thiazole rings is 1. The summed E-state index contributed by atoms with van der Waals surface area (Å²) in [7, 11) is 1.36. The minimum absolute atomic E-state index is 0.0623. The monoisotopic (exact) mass is 277 g/mol. The maximum Gasteiger partial charge on any atom is 0.280 e. The lowest BCUT2D eigenvalue weighted by molar-refractivity contribution is -0.110. The Morgan fingerprint density at radius 3 is 2.79 bits per heavy atom. The van der Waals surface area contributed by atoms with Gasteiger partial charge < -0.3 is 15.9 Å². The van der Waals surface area contributed by atoms with Gasteiger partial charge in [0, 0.05) is 23.5 Å². The molecule has 0 fully saturated rings. The number of rotatable bonds is 4. The Labute approximate surface area is 113 Å². The van der Waals surface area contributed by atoms with Gasteiger partial charge in [0.15, 0.2) is 10.8 Å². The van der Waals surface area contributed by atoms with Gasteiger partial charge in [-0.2, -0.15) is 0 Å². The van der Waals surface area contributed by atoms with Crippen LogP contribution in [0.15, 0.2) is 35.1 Å². The Hall–Kier alpha value is -2.48. The van der Waals surface area contributed by atoms with Crippen LogP contribution in [0.25, 0.3) is 0 Å². The molecule has 0 radical (unpaired) electrons. The fourth-order valence-corrected chi connectivity index (χ4v) is 1.87. The van der Waals surface area contributed by atoms with E-state index in [-0.39, 0.29) is 5.71 Å². The predicted molar refractivity (Wildman–Crippen MR) is 72.9 cm³/mol. The number of nitrogens with zero attached hydrogens (tertiary/aromatic N) is 3. The Kier molecular flexibility index (Phi) is 4.04. The molecule has 1 amide bonds. The predicted octanol–water partition coefficient (Wildman–Crippen LogP) is 1.11. The summed E-state index contributed by atoms with van der Waals surface area (Å²) in [5.74, 6) is -0.432. The van der Waals surface area contributed by atoms with Crippen molar-refractivity contribution >= 4 is 33.8 Å². The molecule has 0 spiro atoms. The molecule has 98 valence electrons. The molecule has 0 aromatic carbocycles. The third-order valence-electron chi connectivity index (χ3n) is 2.10. The average Bonchev–Trinajstić information content (AvgIpc) is 2.83. The lowest BCUT2D eigenvalue weighted by atomic mass is 10.2. The van der Waals surface area contributed by atoms with E-state index < -0.39 is 5.91 Å². The molecule has 0 bridgehead atoms. The minimum Gasteiger partial charge on any atom is -0.398 e. The van der Waals surface area contributed by atoms with Gasteiger partial charge in [0.1, 0.15) is 12.8 Å². The zero-order valence-electron chi connectivity index (χ0n) is 10.0. The summed E-state index contributed by atoms with van der Waals surface area (Å²) in [6.07, 6.45) is 3.15. The number of carbonyl (C=O) groups excluding carboxylic acids is 1. The van der Waals surface area contributed by atoms with Crippen LogP contribution in [0, 0.1) is 0 Å². The molecule has 0 aliphatic carbocycles. The van der Waals surface area contributed by atoms with E-state index in [2.05, 4.69) is 25.3 Å². The molecule has 2 aromatic rings. The fourth-order valence-electron chi connectivity index (χ4n) is 1.32. The molecule has 0 aliphatic heterocycles.